The van der Waals surface area contributed by atoms with Gasteiger partial charge in [-0.15, -0.1) is 0 Å². The molecule has 1 amide bonds. The van der Waals surface area contributed by atoms with Crippen LogP contribution in [0.1, 0.15) is 53.6 Å². The van der Waals surface area contributed by atoms with Crippen LogP contribution in [0.4, 0.5) is 4.39 Å². The number of hydrogen-bond acceptors (Lipinski definition) is 5. The zero-order chi connectivity index (χ0) is 20.3. The average Bonchev–Trinajstić information content (AvgIpc) is 3.02. The number of carbonyl (C=O) groups excluding carboxylic acids is 1. The Kier molecular flexibility index (Phi) is 5.83. The minimum Gasteiger partial charge on any atom is -0.455 e. The van der Waals surface area contributed by atoms with Gasteiger partial charge in [0.15, 0.2) is 5.76 Å². The molecule has 0 bridgehead atoms. The first-order chi connectivity index (χ1) is 13.3. The van der Waals surface area contributed by atoms with Crippen LogP contribution in [0.2, 0.25) is 0 Å². The van der Waals surface area contributed by atoms with Crippen LogP contribution in [-0.2, 0) is 16.4 Å². The second-order valence-electron chi connectivity index (χ2n) is 6.57. The number of sulfonamides is 1. The molecule has 7 nitrogen and oxygen atoms in total. The number of carbonyl (C=O) groups is 1. The van der Waals surface area contributed by atoms with Crippen molar-refractivity contribution in [2.24, 2.45) is 5.10 Å². The van der Waals surface area contributed by atoms with Gasteiger partial charge in [-0.25, -0.2) is 4.39 Å². The highest BCUT2D eigenvalue weighted by atomic mass is 32.2. The Morgan fingerprint density at radius 3 is 2.64 bits per heavy atom. The molecule has 0 saturated carbocycles. The van der Waals surface area contributed by atoms with Gasteiger partial charge in [-0.05, 0) is 50.5 Å². The maximum atomic E-state index is 13.0. The smallest absolute Gasteiger partial charge is 0.287 e. The van der Waals surface area contributed by atoms with E-state index in [-0.39, 0.29) is 16.6 Å². The lowest BCUT2D eigenvalue weighted by atomic mass is 9.93. The van der Waals surface area contributed by atoms with Gasteiger partial charge in [-0.2, -0.15) is 18.4 Å². The van der Waals surface area contributed by atoms with Crippen molar-refractivity contribution in [3.63, 3.8) is 0 Å². The standard InChI is InChI=1S/C19H22FN3O4S/c1-3-11-21-19(24)18-12(2)17-15(5-4-6-16(17)27-18)22-23-28(25,26)14-9-7-13(20)8-10-14/h7-10,23H,3-6,11H2,1-2H3,(H,21,24)/b22-15+. The highest BCUT2D eigenvalue weighted by Gasteiger charge is 2.28. The van der Waals surface area contributed by atoms with E-state index in [4.69, 9.17) is 4.42 Å². The lowest BCUT2D eigenvalue weighted by molar-refractivity contribution is 0.0923. The zero-order valence-corrected chi connectivity index (χ0v) is 16.5. The molecule has 1 aliphatic rings. The fourth-order valence-electron chi connectivity index (χ4n) is 3.10. The summed E-state index contributed by atoms with van der Waals surface area (Å²) in [5.74, 6) is 0.0460. The molecular weight excluding hydrogens is 385 g/mol. The monoisotopic (exact) mass is 407 g/mol. The summed E-state index contributed by atoms with van der Waals surface area (Å²) >= 11 is 0. The summed E-state index contributed by atoms with van der Waals surface area (Å²) in [6, 6.07) is 4.48. The first kappa shape index (κ1) is 20.1. The molecule has 0 fully saturated rings. The maximum Gasteiger partial charge on any atom is 0.287 e. The van der Waals surface area contributed by atoms with Gasteiger partial charge < -0.3 is 9.73 Å². The van der Waals surface area contributed by atoms with Crippen LogP contribution >= 0.6 is 0 Å². The number of rotatable bonds is 6. The number of furan rings is 1. The van der Waals surface area contributed by atoms with Crippen molar-refractivity contribution in [1.29, 1.82) is 0 Å². The summed E-state index contributed by atoms with van der Waals surface area (Å²) in [6.45, 7) is 4.26. The van der Waals surface area contributed by atoms with Crippen molar-refractivity contribution in [3.05, 3.63) is 52.7 Å². The average molecular weight is 407 g/mol. The van der Waals surface area contributed by atoms with Gasteiger partial charge in [0, 0.05) is 24.1 Å². The normalized spacial score (nSPS) is 15.3. The van der Waals surface area contributed by atoms with E-state index in [0.717, 1.165) is 25.0 Å². The number of aryl methyl sites for hydroxylation is 1. The largest absolute Gasteiger partial charge is 0.455 e. The number of hydrazone groups is 1. The summed E-state index contributed by atoms with van der Waals surface area (Å²) in [4.78, 5) is 14.4. The lowest BCUT2D eigenvalue weighted by Crippen LogP contribution is -2.24. The Labute approximate surface area is 163 Å². The first-order valence-electron chi connectivity index (χ1n) is 9.08. The lowest BCUT2D eigenvalue weighted by Gasteiger charge is -2.14. The molecule has 1 aromatic carbocycles. The number of amides is 1. The molecule has 9 heteroatoms. The third-order valence-corrected chi connectivity index (χ3v) is 5.72. The highest BCUT2D eigenvalue weighted by molar-refractivity contribution is 7.89. The molecule has 2 aromatic rings. The van der Waals surface area contributed by atoms with Crippen LogP contribution in [0.5, 0.6) is 0 Å². The van der Waals surface area contributed by atoms with Crippen molar-refractivity contribution < 1.29 is 22.0 Å². The molecule has 0 radical (unpaired) electrons. The van der Waals surface area contributed by atoms with Crippen molar-refractivity contribution in [2.45, 2.75) is 44.4 Å². The maximum absolute atomic E-state index is 13.0. The Bertz CT molecular complexity index is 1010. The van der Waals surface area contributed by atoms with E-state index in [1.165, 1.54) is 12.1 Å². The number of halogens is 1. The summed E-state index contributed by atoms with van der Waals surface area (Å²) in [5.41, 5.74) is 1.83. The summed E-state index contributed by atoms with van der Waals surface area (Å²) in [5, 5.41) is 6.86. The van der Waals surface area contributed by atoms with Gasteiger partial charge in [0.1, 0.15) is 11.6 Å². The SMILES string of the molecule is CCCNC(=O)c1oc2c(c1C)/C(=N/NS(=O)(=O)c1ccc(F)cc1)CCC2. The topological polar surface area (TPSA) is 101 Å². The predicted molar refractivity (Wildman–Crippen MR) is 102 cm³/mol. The Morgan fingerprint density at radius 2 is 1.96 bits per heavy atom. The minimum atomic E-state index is -3.93. The second-order valence-corrected chi connectivity index (χ2v) is 8.23. The predicted octanol–water partition coefficient (Wildman–Crippen LogP) is 2.89. The van der Waals surface area contributed by atoms with E-state index < -0.39 is 15.8 Å². The molecular formula is C19H22FN3O4S. The number of hydrogen-bond donors (Lipinski definition) is 2. The Hall–Kier alpha value is -2.68. The number of nitrogens with zero attached hydrogens (tertiary/aromatic N) is 1. The molecule has 28 heavy (non-hydrogen) atoms. The fraction of sp³-hybridized carbons (Fsp3) is 0.368. The summed E-state index contributed by atoms with van der Waals surface area (Å²) in [6.07, 6.45) is 2.74. The van der Waals surface area contributed by atoms with Crippen molar-refractivity contribution in [1.82, 2.24) is 10.1 Å². The van der Waals surface area contributed by atoms with Crippen LogP contribution in [0, 0.1) is 12.7 Å². The van der Waals surface area contributed by atoms with Gasteiger partial charge in [-0.1, -0.05) is 6.92 Å². The summed E-state index contributed by atoms with van der Waals surface area (Å²) < 4.78 is 43.5. The van der Waals surface area contributed by atoms with Crippen molar-refractivity contribution in [2.75, 3.05) is 6.54 Å². The van der Waals surface area contributed by atoms with Crippen LogP contribution in [0.3, 0.4) is 0 Å². The molecule has 0 aliphatic heterocycles. The molecule has 0 atom stereocenters. The summed E-state index contributed by atoms with van der Waals surface area (Å²) in [7, 11) is -3.93. The quantitative estimate of drug-likeness (QED) is 0.719. The Balaban J connectivity index is 1.88. The van der Waals surface area contributed by atoms with E-state index in [0.29, 0.717) is 42.0 Å². The number of fused-ring (bicyclic) bond motifs is 1. The second kappa shape index (κ2) is 8.14. The Morgan fingerprint density at radius 1 is 1.25 bits per heavy atom. The third kappa shape index (κ3) is 4.09. The van der Waals surface area contributed by atoms with Gasteiger partial charge in [0.05, 0.1) is 10.6 Å². The molecule has 0 unspecified atom stereocenters. The molecule has 0 saturated heterocycles. The van der Waals surface area contributed by atoms with E-state index in [2.05, 4.69) is 15.2 Å². The molecule has 1 aliphatic carbocycles. The molecule has 1 aromatic heterocycles. The molecule has 3 rings (SSSR count). The molecule has 2 N–H and O–H groups in total. The van der Waals surface area contributed by atoms with E-state index in [9.17, 15) is 17.6 Å². The van der Waals surface area contributed by atoms with Gasteiger partial charge >= 0.3 is 0 Å². The highest BCUT2D eigenvalue weighted by Crippen LogP contribution is 2.30. The molecule has 0 spiro atoms. The van der Waals surface area contributed by atoms with E-state index >= 15 is 0 Å². The third-order valence-electron chi connectivity index (χ3n) is 4.49. The van der Waals surface area contributed by atoms with Crippen LogP contribution < -0.4 is 10.1 Å². The fourth-order valence-corrected chi connectivity index (χ4v) is 3.93. The van der Waals surface area contributed by atoms with Crippen molar-refractivity contribution >= 4 is 21.6 Å². The van der Waals surface area contributed by atoms with Gasteiger partial charge in [0.2, 0.25) is 0 Å². The van der Waals surface area contributed by atoms with Gasteiger partial charge in [0.25, 0.3) is 15.9 Å². The van der Waals surface area contributed by atoms with Crippen LogP contribution in [-0.4, -0.2) is 26.6 Å². The minimum absolute atomic E-state index is 0.0853. The van der Waals surface area contributed by atoms with Gasteiger partial charge in [-0.3, -0.25) is 4.79 Å². The van der Waals surface area contributed by atoms with Crippen molar-refractivity contribution in [3.8, 4) is 0 Å². The number of nitrogens with one attached hydrogen (secondary N) is 2. The van der Waals surface area contributed by atoms with Crippen LogP contribution in [0.15, 0.2) is 38.7 Å². The molecule has 1 heterocycles. The molecule has 150 valence electrons. The zero-order valence-electron chi connectivity index (χ0n) is 15.7. The van der Waals surface area contributed by atoms with E-state index in [1.807, 2.05) is 6.92 Å². The van der Waals surface area contributed by atoms with E-state index in [1.54, 1.807) is 6.92 Å². The first-order valence-corrected chi connectivity index (χ1v) is 10.6. The number of benzene rings is 1. The van der Waals surface area contributed by atoms with Crippen LogP contribution in [0.25, 0.3) is 0 Å².